The first-order chi connectivity index (χ1) is 9.72. The molecule has 0 unspecified atom stereocenters. The maximum absolute atomic E-state index is 12.1. The number of aliphatic hydroxyl groups excluding tert-OH is 1. The fourth-order valence-electron chi connectivity index (χ4n) is 2.16. The average molecular weight is 275 g/mol. The van der Waals surface area contributed by atoms with Crippen molar-refractivity contribution in [1.82, 2.24) is 14.5 Å². The van der Waals surface area contributed by atoms with E-state index < -0.39 is 0 Å². The number of carbonyl (C=O) groups is 1. The second kappa shape index (κ2) is 7.05. The number of nitrogens with zero attached hydrogens (tertiary/aromatic N) is 3. The Bertz CT molecular complexity index is 565. The summed E-state index contributed by atoms with van der Waals surface area (Å²) in [5.41, 5.74) is 1.89. The van der Waals surface area contributed by atoms with Crippen molar-refractivity contribution in [3.8, 4) is 0 Å². The van der Waals surface area contributed by atoms with Gasteiger partial charge in [-0.2, -0.15) is 0 Å². The third-order valence-electron chi connectivity index (χ3n) is 3.41. The van der Waals surface area contributed by atoms with Crippen molar-refractivity contribution in [2.24, 2.45) is 0 Å². The molecule has 1 amide bonds. The smallest absolute Gasteiger partial charge is 0.242 e. The molecule has 1 aromatic carbocycles. The summed E-state index contributed by atoms with van der Waals surface area (Å²) >= 11 is 0. The van der Waals surface area contributed by atoms with E-state index in [2.05, 4.69) is 4.98 Å². The molecular formula is C15H21N3O2. The first-order valence-electron chi connectivity index (χ1n) is 6.97. The van der Waals surface area contributed by atoms with E-state index in [-0.39, 0.29) is 12.5 Å². The van der Waals surface area contributed by atoms with Gasteiger partial charge in [-0.25, -0.2) is 4.98 Å². The van der Waals surface area contributed by atoms with Gasteiger partial charge in [0.2, 0.25) is 5.91 Å². The second-order valence-corrected chi connectivity index (χ2v) is 4.96. The van der Waals surface area contributed by atoms with Crippen LogP contribution in [0.3, 0.4) is 0 Å². The van der Waals surface area contributed by atoms with E-state index in [4.69, 9.17) is 5.11 Å². The molecule has 0 saturated heterocycles. The normalized spacial score (nSPS) is 10.9. The Morgan fingerprint density at radius 2 is 2.10 bits per heavy atom. The number of benzene rings is 1. The Kier molecular flexibility index (Phi) is 5.12. The Balaban J connectivity index is 1.90. The van der Waals surface area contributed by atoms with Gasteiger partial charge in [0, 0.05) is 20.2 Å². The number of hydrogen-bond acceptors (Lipinski definition) is 3. The van der Waals surface area contributed by atoms with Crippen molar-refractivity contribution < 1.29 is 9.90 Å². The van der Waals surface area contributed by atoms with E-state index in [0.717, 1.165) is 36.8 Å². The van der Waals surface area contributed by atoms with Gasteiger partial charge in [0.1, 0.15) is 6.54 Å². The predicted molar refractivity (Wildman–Crippen MR) is 78.3 cm³/mol. The van der Waals surface area contributed by atoms with Gasteiger partial charge in [-0.3, -0.25) is 4.79 Å². The van der Waals surface area contributed by atoms with Crippen LogP contribution in [0.25, 0.3) is 11.0 Å². The average Bonchev–Trinajstić information content (AvgIpc) is 2.87. The van der Waals surface area contributed by atoms with Gasteiger partial charge in [0.15, 0.2) is 0 Å². The number of amides is 1. The zero-order valence-corrected chi connectivity index (χ0v) is 11.8. The van der Waals surface area contributed by atoms with Gasteiger partial charge in [-0.1, -0.05) is 12.1 Å². The largest absolute Gasteiger partial charge is 0.396 e. The number of imidazole rings is 1. The summed E-state index contributed by atoms with van der Waals surface area (Å²) in [5, 5.41) is 8.72. The monoisotopic (exact) mass is 275 g/mol. The van der Waals surface area contributed by atoms with Crippen LogP contribution in [0.2, 0.25) is 0 Å². The van der Waals surface area contributed by atoms with E-state index in [0.29, 0.717) is 6.54 Å². The number of fused-ring (bicyclic) bond motifs is 1. The molecule has 0 spiro atoms. The molecular weight excluding hydrogens is 254 g/mol. The molecule has 5 nitrogen and oxygen atoms in total. The van der Waals surface area contributed by atoms with E-state index in [1.165, 1.54) is 0 Å². The molecule has 0 fully saturated rings. The van der Waals surface area contributed by atoms with E-state index >= 15 is 0 Å². The summed E-state index contributed by atoms with van der Waals surface area (Å²) in [4.78, 5) is 18.2. The van der Waals surface area contributed by atoms with E-state index in [9.17, 15) is 4.79 Å². The molecule has 0 saturated carbocycles. The lowest BCUT2D eigenvalue weighted by Crippen LogP contribution is -2.30. The number of para-hydroxylation sites is 2. The number of aliphatic hydroxyl groups is 1. The molecule has 2 rings (SSSR count). The van der Waals surface area contributed by atoms with Crippen LogP contribution in [0.4, 0.5) is 0 Å². The first-order valence-corrected chi connectivity index (χ1v) is 6.97. The minimum Gasteiger partial charge on any atom is -0.396 e. The van der Waals surface area contributed by atoms with Crippen LogP contribution in [-0.4, -0.2) is 45.7 Å². The molecule has 5 heteroatoms. The molecule has 0 aliphatic rings. The van der Waals surface area contributed by atoms with Crippen LogP contribution in [-0.2, 0) is 11.3 Å². The molecule has 1 heterocycles. The standard InChI is InChI=1S/C15H21N3O2/c1-17(9-5-2-6-10-19)15(20)11-18-12-16-13-7-3-4-8-14(13)18/h3-4,7-8,12,19H,2,5-6,9-11H2,1H3. The van der Waals surface area contributed by atoms with Crippen molar-refractivity contribution in [2.75, 3.05) is 20.2 Å². The zero-order chi connectivity index (χ0) is 14.4. The molecule has 0 aliphatic heterocycles. The number of unbranched alkanes of at least 4 members (excludes halogenated alkanes) is 2. The second-order valence-electron chi connectivity index (χ2n) is 4.96. The number of hydrogen-bond donors (Lipinski definition) is 1. The minimum absolute atomic E-state index is 0.0807. The van der Waals surface area contributed by atoms with Gasteiger partial charge < -0.3 is 14.6 Å². The molecule has 20 heavy (non-hydrogen) atoms. The third kappa shape index (κ3) is 3.57. The summed E-state index contributed by atoms with van der Waals surface area (Å²) < 4.78 is 1.88. The van der Waals surface area contributed by atoms with E-state index in [1.807, 2.05) is 35.9 Å². The summed E-state index contributed by atoms with van der Waals surface area (Å²) in [6.45, 7) is 1.27. The van der Waals surface area contributed by atoms with Gasteiger partial charge in [0.25, 0.3) is 0 Å². The predicted octanol–water partition coefficient (Wildman–Crippen LogP) is 1.66. The number of rotatable bonds is 7. The zero-order valence-electron chi connectivity index (χ0n) is 11.8. The maximum Gasteiger partial charge on any atom is 0.242 e. The minimum atomic E-state index is 0.0807. The summed E-state index contributed by atoms with van der Waals surface area (Å²) in [5.74, 6) is 0.0807. The Labute approximate surface area is 118 Å². The quantitative estimate of drug-likeness (QED) is 0.782. The van der Waals surface area contributed by atoms with Crippen molar-refractivity contribution in [1.29, 1.82) is 0 Å². The van der Waals surface area contributed by atoms with Crippen molar-refractivity contribution in [3.05, 3.63) is 30.6 Å². The molecule has 1 N–H and O–H groups in total. The maximum atomic E-state index is 12.1. The van der Waals surface area contributed by atoms with Gasteiger partial charge >= 0.3 is 0 Å². The highest BCUT2D eigenvalue weighted by molar-refractivity contribution is 5.80. The number of likely N-dealkylation sites (N-methyl/N-ethyl adjacent to an activating group) is 1. The molecule has 1 aromatic heterocycles. The molecule has 0 atom stereocenters. The van der Waals surface area contributed by atoms with Crippen LogP contribution < -0.4 is 0 Å². The number of aromatic nitrogens is 2. The lowest BCUT2D eigenvalue weighted by molar-refractivity contribution is -0.130. The topological polar surface area (TPSA) is 58.4 Å². The number of carbonyl (C=O) groups excluding carboxylic acids is 1. The highest BCUT2D eigenvalue weighted by Gasteiger charge is 2.11. The Hall–Kier alpha value is -1.88. The van der Waals surface area contributed by atoms with Crippen LogP contribution in [0.5, 0.6) is 0 Å². The van der Waals surface area contributed by atoms with Crippen LogP contribution in [0.15, 0.2) is 30.6 Å². The fraction of sp³-hybridized carbons (Fsp3) is 0.467. The van der Waals surface area contributed by atoms with Crippen LogP contribution in [0.1, 0.15) is 19.3 Å². The van der Waals surface area contributed by atoms with Crippen molar-refractivity contribution >= 4 is 16.9 Å². The fourth-order valence-corrected chi connectivity index (χ4v) is 2.16. The molecule has 0 bridgehead atoms. The summed E-state index contributed by atoms with van der Waals surface area (Å²) in [6.07, 6.45) is 4.38. The Morgan fingerprint density at radius 3 is 2.90 bits per heavy atom. The molecule has 108 valence electrons. The highest BCUT2D eigenvalue weighted by Crippen LogP contribution is 2.11. The van der Waals surface area contributed by atoms with Crippen molar-refractivity contribution in [3.63, 3.8) is 0 Å². The van der Waals surface area contributed by atoms with Crippen molar-refractivity contribution in [2.45, 2.75) is 25.8 Å². The van der Waals surface area contributed by atoms with Crippen LogP contribution >= 0.6 is 0 Å². The molecule has 0 aliphatic carbocycles. The third-order valence-corrected chi connectivity index (χ3v) is 3.41. The Morgan fingerprint density at radius 1 is 1.30 bits per heavy atom. The molecule has 0 radical (unpaired) electrons. The van der Waals surface area contributed by atoms with Gasteiger partial charge in [0.05, 0.1) is 17.4 Å². The summed E-state index contributed by atoms with van der Waals surface area (Å²) in [6, 6.07) is 7.80. The van der Waals surface area contributed by atoms with E-state index in [1.54, 1.807) is 11.2 Å². The first kappa shape index (κ1) is 14.5. The van der Waals surface area contributed by atoms with Crippen LogP contribution in [0, 0.1) is 0 Å². The van der Waals surface area contributed by atoms with Gasteiger partial charge in [-0.15, -0.1) is 0 Å². The lowest BCUT2D eigenvalue weighted by Gasteiger charge is -2.17. The molecule has 2 aromatic rings. The van der Waals surface area contributed by atoms with Gasteiger partial charge in [-0.05, 0) is 31.4 Å². The SMILES string of the molecule is CN(CCCCCO)C(=O)Cn1cnc2ccccc21. The lowest BCUT2D eigenvalue weighted by atomic mass is 10.2. The summed E-state index contributed by atoms with van der Waals surface area (Å²) in [7, 11) is 1.82. The highest BCUT2D eigenvalue weighted by atomic mass is 16.2.